The second-order valence-electron chi connectivity index (χ2n) is 6.58. The number of thioether (sulfide) groups is 1. The fourth-order valence-corrected chi connectivity index (χ4v) is 4.56. The average Bonchev–Trinajstić information content (AvgIpc) is 2.74. The summed E-state index contributed by atoms with van der Waals surface area (Å²) in [6.45, 7) is -0.275. The van der Waals surface area contributed by atoms with E-state index < -0.39 is 10.5 Å². The summed E-state index contributed by atoms with van der Waals surface area (Å²) < 4.78 is 1.09. The monoisotopic (exact) mass is 407 g/mol. The smallest absolute Gasteiger partial charge is 0.285 e. The Labute approximate surface area is 170 Å². The molecule has 1 amide bonds. The fraction of sp³-hybridized carbons (Fsp3) is 0.143. The first-order valence-corrected chi connectivity index (χ1v) is 9.97. The van der Waals surface area contributed by atoms with Crippen LogP contribution in [0.4, 0.5) is 11.4 Å². The molecule has 0 saturated heterocycles. The van der Waals surface area contributed by atoms with E-state index in [-0.39, 0.29) is 24.2 Å². The Balaban J connectivity index is 1.73. The predicted octanol–water partition coefficient (Wildman–Crippen LogP) is 3.64. The van der Waals surface area contributed by atoms with Crippen molar-refractivity contribution < 1.29 is 9.72 Å². The van der Waals surface area contributed by atoms with Gasteiger partial charge in [0.2, 0.25) is 5.91 Å². The number of fused-ring (bicyclic) bond motifs is 1. The molecule has 146 valence electrons. The highest BCUT2D eigenvalue weighted by atomic mass is 32.2. The second kappa shape index (κ2) is 7.92. The quantitative estimate of drug-likeness (QED) is 0.487. The van der Waals surface area contributed by atoms with Crippen LogP contribution < -0.4 is 10.5 Å². The van der Waals surface area contributed by atoms with Crippen LogP contribution in [0.1, 0.15) is 11.6 Å². The number of pyridine rings is 1. The van der Waals surface area contributed by atoms with Gasteiger partial charge in [0.1, 0.15) is 6.54 Å². The SMILES string of the molecule is O=C(Cn1cc([N+](=O)[O-])ccc1=O)N1c2ccccc2SC[C@@H]1c1ccccc1. The van der Waals surface area contributed by atoms with Gasteiger partial charge in [-0.2, -0.15) is 0 Å². The molecule has 0 aliphatic carbocycles. The van der Waals surface area contributed by atoms with Gasteiger partial charge in [0.25, 0.3) is 11.2 Å². The van der Waals surface area contributed by atoms with Gasteiger partial charge < -0.3 is 4.90 Å². The van der Waals surface area contributed by atoms with Crippen LogP contribution in [-0.4, -0.2) is 21.2 Å². The number of para-hydroxylation sites is 1. The lowest BCUT2D eigenvalue weighted by molar-refractivity contribution is -0.385. The van der Waals surface area contributed by atoms with Gasteiger partial charge in [0.05, 0.1) is 22.8 Å². The van der Waals surface area contributed by atoms with Crippen molar-refractivity contribution in [1.29, 1.82) is 0 Å². The van der Waals surface area contributed by atoms with Crippen LogP contribution >= 0.6 is 11.8 Å². The maximum atomic E-state index is 13.3. The summed E-state index contributed by atoms with van der Waals surface area (Å²) in [6.07, 6.45) is 1.11. The van der Waals surface area contributed by atoms with Crippen LogP contribution in [0.3, 0.4) is 0 Å². The third-order valence-electron chi connectivity index (χ3n) is 4.77. The first-order chi connectivity index (χ1) is 14.0. The molecule has 1 aromatic heterocycles. The summed E-state index contributed by atoms with van der Waals surface area (Å²) >= 11 is 1.68. The molecule has 2 heterocycles. The zero-order valence-corrected chi connectivity index (χ0v) is 16.1. The lowest BCUT2D eigenvalue weighted by Gasteiger charge is -2.37. The number of rotatable bonds is 4. The molecule has 1 atom stereocenters. The third-order valence-corrected chi connectivity index (χ3v) is 5.91. The maximum absolute atomic E-state index is 13.3. The van der Waals surface area contributed by atoms with Crippen LogP contribution in [0.5, 0.6) is 0 Å². The highest BCUT2D eigenvalue weighted by molar-refractivity contribution is 7.99. The molecule has 4 rings (SSSR count). The van der Waals surface area contributed by atoms with Gasteiger partial charge in [-0.25, -0.2) is 0 Å². The van der Waals surface area contributed by atoms with Crippen LogP contribution in [0, 0.1) is 10.1 Å². The van der Waals surface area contributed by atoms with E-state index in [9.17, 15) is 19.7 Å². The average molecular weight is 407 g/mol. The lowest BCUT2D eigenvalue weighted by atomic mass is 10.1. The zero-order chi connectivity index (χ0) is 20.4. The van der Waals surface area contributed by atoms with Crippen molar-refractivity contribution in [3.05, 3.63) is 99.0 Å². The molecule has 0 spiro atoms. The van der Waals surface area contributed by atoms with Crippen molar-refractivity contribution in [3.63, 3.8) is 0 Å². The lowest BCUT2D eigenvalue weighted by Crippen LogP contribution is -2.41. The predicted molar refractivity (Wildman–Crippen MR) is 111 cm³/mol. The number of nitrogens with zero attached hydrogens (tertiary/aromatic N) is 3. The van der Waals surface area contributed by atoms with Crippen molar-refractivity contribution in [1.82, 2.24) is 4.57 Å². The van der Waals surface area contributed by atoms with Crippen molar-refractivity contribution in [2.75, 3.05) is 10.7 Å². The number of aromatic nitrogens is 1. The largest absolute Gasteiger partial charge is 0.301 e. The molecule has 2 aromatic carbocycles. The number of anilines is 1. The molecular weight excluding hydrogens is 390 g/mol. The molecule has 0 fully saturated rings. The highest BCUT2D eigenvalue weighted by Crippen LogP contribution is 2.43. The standard InChI is InChI=1S/C21H17N3O4S/c25-20-11-10-16(24(27)28)12-22(20)13-21(26)23-17-8-4-5-9-19(17)29-14-18(23)15-6-2-1-3-7-15/h1-12,18H,13-14H2/t18-/m1/s1. The van der Waals surface area contributed by atoms with E-state index in [1.54, 1.807) is 16.7 Å². The van der Waals surface area contributed by atoms with E-state index in [0.717, 1.165) is 39.0 Å². The molecule has 0 saturated carbocycles. The van der Waals surface area contributed by atoms with Crippen molar-refractivity contribution in [3.8, 4) is 0 Å². The molecule has 8 heteroatoms. The van der Waals surface area contributed by atoms with Gasteiger partial charge in [0.15, 0.2) is 0 Å². The Morgan fingerprint density at radius 1 is 1.07 bits per heavy atom. The van der Waals surface area contributed by atoms with E-state index in [1.807, 2.05) is 54.6 Å². The van der Waals surface area contributed by atoms with E-state index in [0.29, 0.717) is 5.75 Å². The Kier molecular flexibility index (Phi) is 5.18. The third kappa shape index (κ3) is 3.79. The number of amides is 1. The summed E-state index contributed by atoms with van der Waals surface area (Å²) in [6, 6.07) is 19.4. The Hall–Kier alpha value is -3.39. The molecule has 1 aliphatic heterocycles. The van der Waals surface area contributed by atoms with E-state index >= 15 is 0 Å². The van der Waals surface area contributed by atoms with Gasteiger partial charge in [-0.15, -0.1) is 11.8 Å². The summed E-state index contributed by atoms with van der Waals surface area (Å²) in [5.74, 6) is 0.380. The second-order valence-corrected chi connectivity index (χ2v) is 7.64. The van der Waals surface area contributed by atoms with Crippen LogP contribution in [0.2, 0.25) is 0 Å². The van der Waals surface area contributed by atoms with Gasteiger partial charge >= 0.3 is 0 Å². The molecule has 7 nitrogen and oxygen atoms in total. The van der Waals surface area contributed by atoms with Gasteiger partial charge in [-0.1, -0.05) is 42.5 Å². The summed E-state index contributed by atoms with van der Waals surface area (Å²) in [4.78, 5) is 38.7. The topological polar surface area (TPSA) is 85.5 Å². The number of carbonyl (C=O) groups excluding carboxylic acids is 1. The summed E-state index contributed by atoms with van der Waals surface area (Å²) in [7, 11) is 0. The molecule has 29 heavy (non-hydrogen) atoms. The number of hydrogen-bond acceptors (Lipinski definition) is 5. The minimum atomic E-state index is -0.583. The molecular formula is C21H17N3O4S. The van der Waals surface area contributed by atoms with Crippen molar-refractivity contribution in [2.24, 2.45) is 0 Å². The van der Waals surface area contributed by atoms with E-state index in [2.05, 4.69) is 0 Å². The molecule has 3 aromatic rings. The summed E-state index contributed by atoms with van der Waals surface area (Å²) in [5, 5.41) is 11.0. The zero-order valence-electron chi connectivity index (χ0n) is 15.3. The van der Waals surface area contributed by atoms with Crippen LogP contribution in [0.15, 0.2) is 82.6 Å². The van der Waals surface area contributed by atoms with Gasteiger partial charge in [0, 0.05) is 22.8 Å². The Morgan fingerprint density at radius 2 is 1.79 bits per heavy atom. The normalized spacial score (nSPS) is 15.6. The first-order valence-electron chi connectivity index (χ1n) is 8.98. The maximum Gasteiger partial charge on any atom is 0.285 e. The van der Waals surface area contributed by atoms with E-state index in [4.69, 9.17) is 0 Å². The molecule has 1 aliphatic rings. The van der Waals surface area contributed by atoms with E-state index in [1.165, 1.54) is 0 Å². The highest BCUT2D eigenvalue weighted by Gasteiger charge is 2.32. The fourth-order valence-electron chi connectivity index (χ4n) is 3.39. The molecule has 0 unspecified atom stereocenters. The Morgan fingerprint density at radius 3 is 2.55 bits per heavy atom. The van der Waals surface area contributed by atoms with Crippen molar-refractivity contribution >= 4 is 29.0 Å². The Bertz CT molecular complexity index is 1130. The number of carbonyl (C=O) groups is 1. The molecule has 0 bridgehead atoms. The first kappa shape index (κ1) is 18.9. The number of benzene rings is 2. The van der Waals surface area contributed by atoms with Crippen molar-refractivity contribution in [2.45, 2.75) is 17.5 Å². The molecule has 0 N–H and O–H groups in total. The number of nitro groups is 1. The van der Waals surface area contributed by atoms with Crippen LogP contribution in [-0.2, 0) is 11.3 Å². The minimum absolute atomic E-state index is 0.196. The minimum Gasteiger partial charge on any atom is -0.301 e. The van der Waals surface area contributed by atoms with Gasteiger partial charge in [-0.05, 0) is 17.7 Å². The molecule has 0 radical (unpaired) electrons. The van der Waals surface area contributed by atoms with Crippen LogP contribution in [0.25, 0.3) is 0 Å². The number of hydrogen-bond donors (Lipinski definition) is 0. The van der Waals surface area contributed by atoms with Gasteiger partial charge in [-0.3, -0.25) is 24.3 Å². The summed E-state index contributed by atoms with van der Waals surface area (Å²) in [5.41, 5.74) is 1.09.